The summed E-state index contributed by atoms with van der Waals surface area (Å²) >= 11 is 5.69. The molecule has 1 aromatic heterocycles. The first-order chi connectivity index (χ1) is 9.42. The molecule has 104 valence electrons. The zero-order valence-corrected chi connectivity index (χ0v) is 11.5. The molecule has 0 aliphatic carbocycles. The molecule has 20 heavy (non-hydrogen) atoms. The first-order valence-corrected chi connectivity index (χ1v) is 6.34. The summed E-state index contributed by atoms with van der Waals surface area (Å²) in [5.74, 6) is 0. The number of hydrogen-bond acceptors (Lipinski definition) is 5. The van der Waals surface area contributed by atoms with E-state index in [-0.39, 0.29) is 12.1 Å². The smallest absolute Gasteiger partial charge is 0.278 e. The van der Waals surface area contributed by atoms with Crippen LogP contribution in [-0.4, -0.2) is 33.4 Å². The standard InChI is InChI=1S/C13H13ClN4O2/c1-13(5-2-6-17-13)12(18(19)20)10(15)7-9-3-4-11(14)16-8-9/h2-6,8,12,15H,7H2,1H3. The molecule has 2 unspecified atom stereocenters. The van der Waals surface area contributed by atoms with Gasteiger partial charge in [0, 0.05) is 23.8 Å². The van der Waals surface area contributed by atoms with Gasteiger partial charge in [-0.25, -0.2) is 4.98 Å². The molecule has 0 fully saturated rings. The Morgan fingerprint density at radius 2 is 2.35 bits per heavy atom. The Morgan fingerprint density at radius 1 is 1.60 bits per heavy atom. The summed E-state index contributed by atoms with van der Waals surface area (Å²) in [6.45, 7) is 1.65. The number of rotatable bonds is 5. The molecular weight excluding hydrogens is 280 g/mol. The minimum atomic E-state index is -1.19. The summed E-state index contributed by atoms with van der Waals surface area (Å²) in [4.78, 5) is 18.9. The molecule has 1 aliphatic rings. The first kappa shape index (κ1) is 14.3. The van der Waals surface area contributed by atoms with Crippen LogP contribution in [0.4, 0.5) is 0 Å². The summed E-state index contributed by atoms with van der Waals surface area (Å²) in [7, 11) is 0. The highest BCUT2D eigenvalue weighted by molar-refractivity contribution is 6.29. The van der Waals surface area contributed by atoms with E-state index < -0.39 is 16.5 Å². The van der Waals surface area contributed by atoms with Gasteiger partial charge < -0.3 is 5.41 Å². The van der Waals surface area contributed by atoms with E-state index in [1.165, 1.54) is 12.4 Å². The molecule has 0 bridgehead atoms. The van der Waals surface area contributed by atoms with Crippen molar-refractivity contribution in [3.8, 4) is 0 Å². The van der Waals surface area contributed by atoms with Gasteiger partial charge in [-0.3, -0.25) is 15.1 Å². The van der Waals surface area contributed by atoms with Crippen molar-refractivity contribution in [2.45, 2.75) is 24.9 Å². The number of nitrogens with zero attached hydrogens (tertiary/aromatic N) is 3. The van der Waals surface area contributed by atoms with Crippen LogP contribution in [0.15, 0.2) is 35.5 Å². The van der Waals surface area contributed by atoms with E-state index in [1.54, 1.807) is 31.2 Å². The van der Waals surface area contributed by atoms with Gasteiger partial charge in [-0.1, -0.05) is 17.7 Å². The minimum Gasteiger partial charge on any atom is -0.302 e. The molecule has 0 amide bonds. The highest BCUT2D eigenvalue weighted by Crippen LogP contribution is 2.25. The summed E-state index contributed by atoms with van der Waals surface area (Å²) in [5, 5.41) is 19.7. The maximum atomic E-state index is 11.3. The van der Waals surface area contributed by atoms with Gasteiger partial charge in [-0.15, -0.1) is 0 Å². The van der Waals surface area contributed by atoms with E-state index in [9.17, 15) is 10.1 Å². The quantitative estimate of drug-likeness (QED) is 0.391. The number of pyridine rings is 1. The van der Waals surface area contributed by atoms with Crippen molar-refractivity contribution < 1.29 is 4.92 Å². The molecule has 0 saturated carbocycles. The predicted octanol–water partition coefficient (Wildman–Crippen LogP) is 2.34. The van der Waals surface area contributed by atoms with Crippen LogP contribution in [0, 0.1) is 15.5 Å². The number of hydrogen-bond donors (Lipinski definition) is 1. The van der Waals surface area contributed by atoms with Gasteiger partial charge >= 0.3 is 0 Å². The lowest BCUT2D eigenvalue weighted by molar-refractivity contribution is -0.510. The van der Waals surface area contributed by atoms with Crippen molar-refractivity contribution in [2.75, 3.05) is 0 Å². The van der Waals surface area contributed by atoms with Crippen molar-refractivity contribution >= 4 is 23.5 Å². The van der Waals surface area contributed by atoms with Crippen LogP contribution >= 0.6 is 11.6 Å². The summed E-state index contributed by atoms with van der Waals surface area (Å²) in [5.41, 5.74) is -0.299. The molecular formula is C13H13ClN4O2. The molecule has 6 nitrogen and oxygen atoms in total. The molecule has 0 radical (unpaired) electrons. The Kier molecular flexibility index (Phi) is 3.94. The van der Waals surface area contributed by atoms with Crippen molar-refractivity contribution in [1.29, 1.82) is 5.41 Å². The molecule has 0 spiro atoms. The highest BCUT2D eigenvalue weighted by Gasteiger charge is 2.44. The molecule has 2 heterocycles. The average Bonchev–Trinajstić information content (AvgIpc) is 2.79. The van der Waals surface area contributed by atoms with Crippen LogP contribution in [0.2, 0.25) is 5.15 Å². The second-order valence-corrected chi connectivity index (χ2v) is 5.13. The van der Waals surface area contributed by atoms with Gasteiger partial charge in [-0.05, 0) is 30.7 Å². The lowest BCUT2D eigenvalue weighted by Gasteiger charge is -2.23. The van der Waals surface area contributed by atoms with E-state index >= 15 is 0 Å². The van der Waals surface area contributed by atoms with Crippen LogP contribution in [0.5, 0.6) is 0 Å². The number of allylic oxidation sites excluding steroid dienone is 1. The number of nitrogens with one attached hydrogen (secondary N) is 1. The summed E-state index contributed by atoms with van der Waals surface area (Å²) in [6.07, 6.45) is 6.50. The molecule has 2 rings (SSSR count). The zero-order valence-electron chi connectivity index (χ0n) is 10.8. The zero-order chi connectivity index (χ0) is 14.8. The van der Waals surface area contributed by atoms with E-state index in [0.29, 0.717) is 10.7 Å². The van der Waals surface area contributed by atoms with E-state index in [0.717, 1.165) is 0 Å². The third-order valence-electron chi connectivity index (χ3n) is 3.15. The molecule has 7 heteroatoms. The van der Waals surface area contributed by atoms with Gasteiger partial charge in [0.05, 0.1) is 5.71 Å². The lowest BCUT2D eigenvalue weighted by atomic mass is 9.88. The molecule has 1 aromatic rings. The van der Waals surface area contributed by atoms with Crippen molar-refractivity contribution in [3.05, 3.63) is 51.3 Å². The maximum Gasteiger partial charge on any atom is 0.278 e. The normalized spacial score (nSPS) is 21.9. The monoisotopic (exact) mass is 292 g/mol. The topological polar surface area (TPSA) is 92.2 Å². The Labute approximate surface area is 120 Å². The van der Waals surface area contributed by atoms with Crippen LogP contribution in [0.1, 0.15) is 12.5 Å². The fraction of sp³-hybridized carbons (Fsp3) is 0.308. The van der Waals surface area contributed by atoms with Gasteiger partial charge in [0.2, 0.25) is 0 Å². The average molecular weight is 293 g/mol. The molecule has 0 aromatic carbocycles. The van der Waals surface area contributed by atoms with Gasteiger partial charge in [0.1, 0.15) is 10.7 Å². The largest absolute Gasteiger partial charge is 0.302 e. The van der Waals surface area contributed by atoms with E-state index in [1.807, 2.05) is 0 Å². The highest BCUT2D eigenvalue weighted by atomic mass is 35.5. The number of nitro groups is 1. The fourth-order valence-electron chi connectivity index (χ4n) is 2.17. The fourth-order valence-corrected chi connectivity index (χ4v) is 2.28. The molecule has 0 saturated heterocycles. The number of halogens is 1. The second kappa shape index (κ2) is 5.50. The van der Waals surface area contributed by atoms with Crippen molar-refractivity contribution in [1.82, 2.24) is 4.98 Å². The Bertz CT molecular complexity index is 583. The molecule has 1 N–H and O–H groups in total. The lowest BCUT2D eigenvalue weighted by Crippen LogP contribution is -2.47. The third-order valence-corrected chi connectivity index (χ3v) is 3.37. The SMILES string of the molecule is CC1(C(C(=N)Cc2ccc(Cl)nc2)[N+](=O)[O-])C=CC=N1. The first-order valence-electron chi connectivity index (χ1n) is 5.97. The Morgan fingerprint density at radius 3 is 2.85 bits per heavy atom. The third kappa shape index (κ3) is 2.91. The number of aliphatic imine (C=N–C) groups is 1. The van der Waals surface area contributed by atoms with Crippen LogP contribution in [0.3, 0.4) is 0 Å². The molecule has 1 aliphatic heterocycles. The van der Waals surface area contributed by atoms with Gasteiger partial charge in [0.15, 0.2) is 0 Å². The summed E-state index contributed by atoms with van der Waals surface area (Å²) in [6, 6.07) is 2.12. The maximum absolute atomic E-state index is 11.3. The van der Waals surface area contributed by atoms with Crippen molar-refractivity contribution in [2.24, 2.45) is 4.99 Å². The minimum absolute atomic E-state index is 0.00896. The van der Waals surface area contributed by atoms with Gasteiger partial charge in [0.25, 0.3) is 6.04 Å². The van der Waals surface area contributed by atoms with Crippen LogP contribution in [-0.2, 0) is 6.42 Å². The summed E-state index contributed by atoms with van der Waals surface area (Å²) < 4.78 is 0. The Hall–Kier alpha value is -2.08. The van der Waals surface area contributed by atoms with Crippen molar-refractivity contribution in [3.63, 3.8) is 0 Å². The van der Waals surface area contributed by atoms with Gasteiger partial charge in [-0.2, -0.15) is 0 Å². The predicted molar refractivity (Wildman–Crippen MR) is 77.5 cm³/mol. The van der Waals surface area contributed by atoms with E-state index in [2.05, 4.69) is 9.98 Å². The van der Waals surface area contributed by atoms with Crippen LogP contribution < -0.4 is 0 Å². The second-order valence-electron chi connectivity index (χ2n) is 4.74. The van der Waals surface area contributed by atoms with Crippen LogP contribution in [0.25, 0.3) is 0 Å². The Balaban J connectivity index is 2.20. The van der Waals surface area contributed by atoms with E-state index in [4.69, 9.17) is 17.0 Å². The number of aromatic nitrogens is 1. The molecule has 2 atom stereocenters.